The highest BCUT2D eigenvalue weighted by atomic mass is 35.5. The Bertz CT molecular complexity index is 728. The van der Waals surface area contributed by atoms with Crippen molar-refractivity contribution in [2.75, 3.05) is 38.2 Å². The highest BCUT2D eigenvalue weighted by molar-refractivity contribution is 6.30. The molecule has 1 N–H and O–H groups in total. The number of methoxy groups -OCH3 is 1. The van der Waals surface area contributed by atoms with Gasteiger partial charge >= 0.3 is 0 Å². The lowest BCUT2D eigenvalue weighted by Gasteiger charge is -2.38. The number of carbonyl (C=O) groups is 1. The van der Waals surface area contributed by atoms with Gasteiger partial charge in [-0.05, 0) is 37.3 Å². The number of amides is 1. The second kappa shape index (κ2) is 8.47. The van der Waals surface area contributed by atoms with Crippen LogP contribution >= 0.6 is 11.6 Å². The maximum Gasteiger partial charge on any atom is 0.237 e. The van der Waals surface area contributed by atoms with Gasteiger partial charge in [0.1, 0.15) is 11.5 Å². The third-order valence-corrected chi connectivity index (χ3v) is 4.98. The van der Waals surface area contributed by atoms with Crippen LogP contribution in [0.3, 0.4) is 0 Å². The van der Waals surface area contributed by atoms with Crippen molar-refractivity contribution < 1.29 is 13.9 Å². The van der Waals surface area contributed by atoms with Crippen molar-refractivity contribution in [3.05, 3.63) is 47.4 Å². The van der Waals surface area contributed by atoms with Gasteiger partial charge in [0.25, 0.3) is 0 Å². The molecule has 0 radical (unpaired) electrons. The van der Waals surface area contributed by atoms with Crippen molar-refractivity contribution in [2.45, 2.75) is 19.5 Å². The topological polar surface area (TPSA) is 58.0 Å². The average Bonchev–Trinajstić information content (AvgIpc) is 3.19. The van der Waals surface area contributed by atoms with Gasteiger partial charge in [-0.1, -0.05) is 11.6 Å². The van der Waals surface area contributed by atoms with Gasteiger partial charge in [-0.15, -0.1) is 0 Å². The van der Waals surface area contributed by atoms with E-state index in [4.69, 9.17) is 20.8 Å². The fraction of sp³-hybridized carbons (Fsp3) is 0.421. The number of furan rings is 1. The van der Waals surface area contributed by atoms with Gasteiger partial charge in [-0.25, -0.2) is 0 Å². The van der Waals surface area contributed by atoms with Crippen LogP contribution in [-0.4, -0.2) is 50.1 Å². The Balaban J connectivity index is 1.54. The van der Waals surface area contributed by atoms with Crippen LogP contribution in [0.5, 0.6) is 5.75 Å². The number of hydrogen-bond donors (Lipinski definition) is 1. The summed E-state index contributed by atoms with van der Waals surface area (Å²) in [5, 5.41) is 3.61. The van der Waals surface area contributed by atoms with Gasteiger partial charge < -0.3 is 19.4 Å². The Labute approximate surface area is 158 Å². The first kappa shape index (κ1) is 18.6. The molecule has 1 aliphatic rings. The Kier molecular flexibility index (Phi) is 6.06. The molecule has 1 unspecified atom stereocenters. The molecule has 0 saturated carbocycles. The number of anilines is 1. The summed E-state index contributed by atoms with van der Waals surface area (Å²) < 4.78 is 10.7. The molecule has 1 fully saturated rings. The summed E-state index contributed by atoms with van der Waals surface area (Å²) in [6.45, 7) is 5.57. The Morgan fingerprint density at radius 1 is 1.31 bits per heavy atom. The standard InChI is InChI=1S/C19H24ClN3O3/c1-14(19(24)21-13-16-4-3-11-26-16)22-7-9-23(10-8-22)17-12-15(20)5-6-18(17)25-2/h3-6,11-12,14H,7-10,13H2,1-2H3,(H,21,24). The Morgan fingerprint density at radius 3 is 2.73 bits per heavy atom. The predicted molar refractivity (Wildman–Crippen MR) is 102 cm³/mol. The maximum absolute atomic E-state index is 12.4. The lowest BCUT2D eigenvalue weighted by atomic mass is 10.2. The van der Waals surface area contributed by atoms with Crippen molar-refractivity contribution >= 4 is 23.2 Å². The van der Waals surface area contributed by atoms with Crippen LogP contribution in [0.4, 0.5) is 5.69 Å². The number of piperazine rings is 1. The normalized spacial score (nSPS) is 16.3. The van der Waals surface area contributed by atoms with Gasteiger partial charge in [0, 0.05) is 31.2 Å². The van der Waals surface area contributed by atoms with E-state index in [0.717, 1.165) is 43.4 Å². The van der Waals surface area contributed by atoms with E-state index in [1.165, 1.54) is 0 Å². The number of rotatable bonds is 6. The zero-order chi connectivity index (χ0) is 18.5. The number of nitrogens with one attached hydrogen (secondary N) is 1. The summed E-state index contributed by atoms with van der Waals surface area (Å²) in [4.78, 5) is 16.8. The summed E-state index contributed by atoms with van der Waals surface area (Å²) in [5.41, 5.74) is 0.995. The van der Waals surface area contributed by atoms with Gasteiger partial charge in [0.2, 0.25) is 5.91 Å². The second-order valence-electron chi connectivity index (χ2n) is 6.31. The summed E-state index contributed by atoms with van der Waals surface area (Å²) in [6, 6.07) is 9.11. The molecule has 7 heteroatoms. The first-order valence-corrected chi connectivity index (χ1v) is 9.09. The largest absolute Gasteiger partial charge is 0.495 e. The second-order valence-corrected chi connectivity index (χ2v) is 6.75. The minimum absolute atomic E-state index is 0.00943. The van der Waals surface area contributed by atoms with Crippen LogP contribution in [0.1, 0.15) is 12.7 Å². The van der Waals surface area contributed by atoms with Gasteiger partial charge in [0.05, 0.1) is 31.6 Å². The number of halogens is 1. The zero-order valence-corrected chi connectivity index (χ0v) is 15.8. The molecular formula is C19H24ClN3O3. The van der Waals surface area contributed by atoms with Crippen LogP contribution in [0, 0.1) is 0 Å². The van der Waals surface area contributed by atoms with Gasteiger partial charge in [-0.3, -0.25) is 9.69 Å². The van der Waals surface area contributed by atoms with Crippen LogP contribution in [0.15, 0.2) is 41.0 Å². The molecule has 6 nitrogen and oxygen atoms in total. The lowest BCUT2D eigenvalue weighted by molar-refractivity contribution is -0.126. The van der Waals surface area contributed by atoms with Crippen molar-refractivity contribution in [2.24, 2.45) is 0 Å². The molecule has 2 aromatic rings. The van der Waals surface area contributed by atoms with Crippen molar-refractivity contribution in [3.8, 4) is 5.75 Å². The third kappa shape index (κ3) is 4.31. The van der Waals surface area contributed by atoms with E-state index in [0.29, 0.717) is 11.6 Å². The molecule has 1 aliphatic heterocycles. The van der Waals surface area contributed by atoms with Crippen molar-refractivity contribution in [1.29, 1.82) is 0 Å². The molecule has 1 saturated heterocycles. The first-order chi connectivity index (χ1) is 12.6. The first-order valence-electron chi connectivity index (χ1n) is 8.71. The molecule has 140 valence electrons. The molecule has 1 aromatic heterocycles. The number of carbonyl (C=O) groups excluding carboxylic acids is 1. The Morgan fingerprint density at radius 2 is 2.08 bits per heavy atom. The molecule has 1 aromatic carbocycles. The van der Waals surface area contributed by atoms with E-state index in [9.17, 15) is 4.79 Å². The molecule has 3 rings (SSSR count). The Hall–Kier alpha value is -2.18. The van der Waals surface area contributed by atoms with Crippen molar-refractivity contribution in [1.82, 2.24) is 10.2 Å². The highest BCUT2D eigenvalue weighted by Gasteiger charge is 2.26. The number of benzene rings is 1. The molecule has 0 spiro atoms. The molecule has 1 atom stereocenters. The zero-order valence-electron chi connectivity index (χ0n) is 15.1. The quantitative estimate of drug-likeness (QED) is 0.838. The molecule has 0 aliphatic carbocycles. The maximum atomic E-state index is 12.4. The van der Waals surface area contributed by atoms with E-state index in [2.05, 4.69) is 15.1 Å². The summed E-state index contributed by atoms with van der Waals surface area (Å²) in [5.74, 6) is 1.57. The summed E-state index contributed by atoms with van der Waals surface area (Å²) >= 11 is 6.14. The van der Waals surface area contributed by atoms with Gasteiger partial charge in [-0.2, -0.15) is 0 Å². The number of ether oxygens (including phenoxy) is 1. The monoisotopic (exact) mass is 377 g/mol. The highest BCUT2D eigenvalue weighted by Crippen LogP contribution is 2.32. The lowest BCUT2D eigenvalue weighted by Crippen LogP contribution is -2.53. The SMILES string of the molecule is COc1ccc(Cl)cc1N1CCN(C(C)C(=O)NCc2ccco2)CC1. The van der Waals surface area contributed by atoms with Gasteiger partial charge in [0.15, 0.2) is 0 Å². The number of hydrogen-bond acceptors (Lipinski definition) is 5. The minimum atomic E-state index is -0.187. The van der Waals surface area contributed by atoms with E-state index in [1.54, 1.807) is 13.4 Å². The fourth-order valence-corrected chi connectivity index (χ4v) is 3.33. The van der Waals surface area contributed by atoms with Crippen molar-refractivity contribution in [3.63, 3.8) is 0 Å². The third-order valence-electron chi connectivity index (χ3n) is 4.74. The summed E-state index contributed by atoms with van der Waals surface area (Å²) in [6.07, 6.45) is 1.61. The van der Waals surface area contributed by atoms with Crippen LogP contribution in [-0.2, 0) is 11.3 Å². The minimum Gasteiger partial charge on any atom is -0.495 e. The smallest absolute Gasteiger partial charge is 0.237 e. The molecule has 0 bridgehead atoms. The molecule has 1 amide bonds. The van der Waals surface area contributed by atoms with Crippen LogP contribution in [0.2, 0.25) is 5.02 Å². The predicted octanol–water partition coefficient (Wildman–Crippen LogP) is 2.77. The molecular weight excluding hydrogens is 354 g/mol. The van der Waals surface area contributed by atoms with Crippen LogP contribution in [0.25, 0.3) is 0 Å². The molecule has 2 heterocycles. The van der Waals surface area contributed by atoms with E-state index >= 15 is 0 Å². The van der Waals surface area contributed by atoms with Crippen LogP contribution < -0.4 is 15.0 Å². The molecule has 26 heavy (non-hydrogen) atoms. The number of nitrogens with zero attached hydrogens (tertiary/aromatic N) is 2. The fourth-order valence-electron chi connectivity index (χ4n) is 3.16. The van der Waals surface area contributed by atoms with E-state index < -0.39 is 0 Å². The van der Waals surface area contributed by atoms with E-state index in [-0.39, 0.29) is 11.9 Å². The van der Waals surface area contributed by atoms with E-state index in [1.807, 2.05) is 37.3 Å². The summed E-state index contributed by atoms with van der Waals surface area (Å²) in [7, 11) is 1.66. The average molecular weight is 378 g/mol.